The van der Waals surface area contributed by atoms with Gasteiger partial charge in [-0.05, 0) is 53.9 Å². The van der Waals surface area contributed by atoms with E-state index in [1.165, 1.54) is 24.3 Å². The molecule has 4 aromatic rings. The number of hydrogen-bond acceptors (Lipinski definition) is 6. The molecule has 6 rings (SSSR count). The second-order valence-corrected chi connectivity index (χ2v) is 9.92. The zero-order chi connectivity index (χ0) is 29.9. The van der Waals surface area contributed by atoms with Crippen molar-refractivity contribution in [2.24, 2.45) is 0 Å². The molecule has 0 atom stereocenters. The molecule has 43 heavy (non-hydrogen) atoms. The normalized spacial score (nSPS) is 14.4. The standard InChI is InChI=1S/C35H26N2O6/c1-2-27(28-15-13-25(42-23-9-5-3-6-10-23)21-30(28)36-32(38)17-18-33(36)39)29-16-14-26(43-24-11-7-4-8-12-24)22-31(29)37-34(40)19-20-35(37)41/h3-22,27H,2H2,1H3. The number of rotatable bonds is 9. The number of ether oxygens (including phenoxy) is 2. The van der Waals surface area contributed by atoms with Crippen molar-refractivity contribution < 1.29 is 28.7 Å². The van der Waals surface area contributed by atoms with Gasteiger partial charge in [-0.25, -0.2) is 9.80 Å². The summed E-state index contributed by atoms with van der Waals surface area (Å²) >= 11 is 0. The third-order valence-corrected chi connectivity index (χ3v) is 7.22. The Morgan fingerprint density at radius 1 is 0.512 bits per heavy atom. The van der Waals surface area contributed by atoms with E-state index in [1.54, 1.807) is 48.5 Å². The van der Waals surface area contributed by atoms with Crippen LogP contribution in [0.3, 0.4) is 0 Å². The average molecular weight is 571 g/mol. The first-order valence-electron chi connectivity index (χ1n) is 13.8. The molecular formula is C35H26N2O6. The van der Waals surface area contributed by atoms with Crippen LogP contribution in [0, 0.1) is 0 Å². The summed E-state index contributed by atoms with van der Waals surface area (Å²) in [7, 11) is 0. The van der Waals surface area contributed by atoms with E-state index in [-0.39, 0.29) is 0 Å². The Hall–Kier alpha value is -5.76. The zero-order valence-electron chi connectivity index (χ0n) is 23.2. The summed E-state index contributed by atoms with van der Waals surface area (Å²) in [6.07, 6.45) is 5.43. The fourth-order valence-corrected chi connectivity index (χ4v) is 5.28. The highest BCUT2D eigenvalue weighted by molar-refractivity contribution is 6.29. The minimum Gasteiger partial charge on any atom is -0.457 e. The number of nitrogens with zero attached hydrogens (tertiary/aromatic N) is 2. The van der Waals surface area contributed by atoms with Crippen LogP contribution in [0.15, 0.2) is 121 Å². The Morgan fingerprint density at radius 3 is 1.23 bits per heavy atom. The van der Waals surface area contributed by atoms with Gasteiger partial charge in [0, 0.05) is 42.4 Å². The van der Waals surface area contributed by atoms with Gasteiger partial charge in [0.05, 0.1) is 11.4 Å². The van der Waals surface area contributed by atoms with Gasteiger partial charge in [-0.2, -0.15) is 0 Å². The van der Waals surface area contributed by atoms with Gasteiger partial charge in [0.1, 0.15) is 23.0 Å². The average Bonchev–Trinajstić information content (AvgIpc) is 3.54. The molecule has 0 unspecified atom stereocenters. The van der Waals surface area contributed by atoms with Crippen molar-refractivity contribution in [2.45, 2.75) is 19.3 Å². The molecule has 0 radical (unpaired) electrons. The molecule has 8 heteroatoms. The van der Waals surface area contributed by atoms with E-state index in [1.807, 2.05) is 55.5 Å². The molecule has 4 aromatic carbocycles. The maximum Gasteiger partial charge on any atom is 0.258 e. The smallest absolute Gasteiger partial charge is 0.258 e. The highest BCUT2D eigenvalue weighted by Crippen LogP contribution is 2.44. The van der Waals surface area contributed by atoms with Gasteiger partial charge >= 0.3 is 0 Å². The molecule has 0 N–H and O–H groups in total. The van der Waals surface area contributed by atoms with Crippen molar-refractivity contribution in [3.05, 3.63) is 132 Å². The maximum absolute atomic E-state index is 12.9. The number of carbonyl (C=O) groups is 4. The van der Waals surface area contributed by atoms with Crippen LogP contribution in [0.2, 0.25) is 0 Å². The van der Waals surface area contributed by atoms with E-state index in [0.717, 1.165) is 9.80 Å². The molecule has 8 nitrogen and oxygen atoms in total. The van der Waals surface area contributed by atoms with E-state index < -0.39 is 29.5 Å². The van der Waals surface area contributed by atoms with Crippen molar-refractivity contribution in [1.82, 2.24) is 0 Å². The Balaban J connectivity index is 1.47. The molecular weight excluding hydrogens is 544 g/mol. The van der Waals surface area contributed by atoms with Gasteiger partial charge in [0.25, 0.3) is 23.6 Å². The van der Waals surface area contributed by atoms with Crippen LogP contribution in [-0.4, -0.2) is 23.6 Å². The quantitative estimate of drug-likeness (QED) is 0.209. The molecule has 0 saturated heterocycles. The lowest BCUT2D eigenvalue weighted by Gasteiger charge is -2.28. The third kappa shape index (κ3) is 5.46. The minimum absolute atomic E-state index is 0.355. The molecule has 0 fully saturated rings. The summed E-state index contributed by atoms with van der Waals surface area (Å²) < 4.78 is 12.1. The van der Waals surface area contributed by atoms with Crippen molar-refractivity contribution in [1.29, 1.82) is 0 Å². The lowest BCUT2D eigenvalue weighted by atomic mass is 9.86. The van der Waals surface area contributed by atoms with Gasteiger partial charge in [0.15, 0.2) is 0 Å². The van der Waals surface area contributed by atoms with Crippen LogP contribution >= 0.6 is 0 Å². The van der Waals surface area contributed by atoms with Gasteiger partial charge in [-0.1, -0.05) is 55.5 Å². The molecule has 2 heterocycles. The van der Waals surface area contributed by atoms with E-state index in [2.05, 4.69) is 0 Å². The first-order valence-corrected chi connectivity index (χ1v) is 13.8. The SMILES string of the molecule is CCC(c1ccc(Oc2ccccc2)cc1N1C(=O)C=CC1=O)c1ccc(Oc2ccccc2)cc1N1C(=O)C=CC1=O. The van der Waals surface area contributed by atoms with Crippen LogP contribution in [0.25, 0.3) is 0 Å². The Bertz CT molecular complexity index is 1630. The molecule has 0 aromatic heterocycles. The van der Waals surface area contributed by atoms with Gasteiger partial charge < -0.3 is 9.47 Å². The second kappa shape index (κ2) is 11.6. The van der Waals surface area contributed by atoms with E-state index >= 15 is 0 Å². The highest BCUT2D eigenvalue weighted by Gasteiger charge is 2.34. The third-order valence-electron chi connectivity index (χ3n) is 7.22. The molecule has 2 aliphatic heterocycles. The van der Waals surface area contributed by atoms with Gasteiger partial charge in [-0.15, -0.1) is 0 Å². The monoisotopic (exact) mass is 570 g/mol. The molecule has 212 valence electrons. The summed E-state index contributed by atoms with van der Waals surface area (Å²) in [6, 6.07) is 28.8. The number of anilines is 2. The van der Waals surface area contributed by atoms with E-state index in [9.17, 15) is 19.2 Å². The van der Waals surface area contributed by atoms with Crippen LogP contribution in [0.4, 0.5) is 11.4 Å². The Kier molecular flexibility index (Phi) is 7.41. The molecule has 2 aliphatic rings. The maximum atomic E-state index is 12.9. The van der Waals surface area contributed by atoms with Crippen molar-refractivity contribution in [3.8, 4) is 23.0 Å². The second-order valence-electron chi connectivity index (χ2n) is 9.92. The van der Waals surface area contributed by atoms with E-state index in [4.69, 9.17) is 9.47 Å². The number of hydrogen-bond donors (Lipinski definition) is 0. The Morgan fingerprint density at radius 2 is 0.884 bits per heavy atom. The minimum atomic E-state index is -0.473. The summed E-state index contributed by atoms with van der Waals surface area (Å²) in [5.74, 6) is -0.249. The van der Waals surface area contributed by atoms with Crippen molar-refractivity contribution in [3.63, 3.8) is 0 Å². The summed E-state index contributed by atoms with van der Waals surface area (Å²) in [6.45, 7) is 1.96. The van der Waals surface area contributed by atoms with Crippen molar-refractivity contribution in [2.75, 3.05) is 9.80 Å². The largest absolute Gasteiger partial charge is 0.457 e. The van der Waals surface area contributed by atoms with E-state index in [0.29, 0.717) is 51.9 Å². The fourth-order valence-electron chi connectivity index (χ4n) is 5.28. The summed E-state index contributed by atoms with van der Waals surface area (Å²) in [5.41, 5.74) is 2.01. The number of benzene rings is 4. The van der Waals surface area contributed by atoms with Crippen LogP contribution < -0.4 is 19.3 Å². The predicted molar refractivity (Wildman–Crippen MR) is 161 cm³/mol. The first-order chi connectivity index (χ1) is 20.9. The zero-order valence-corrected chi connectivity index (χ0v) is 23.2. The number of amides is 4. The van der Waals surface area contributed by atoms with Gasteiger partial charge in [0.2, 0.25) is 0 Å². The first kappa shape index (κ1) is 27.4. The molecule has 0 aliphatic carbocycles. The topological polar surface area (TPSA) is 93.2 Å². The molecule has 4 amide bonds. The lowest BCUT2D eigenvalue weighted by molar-refractivity contribution is -0.121. The Labute approximate surface area is 248 Å². The summed E-state index contributed by atoms with van der Waals surface area (Å²) in [5, 5.41) is 0. The fraction of sp³-hybridized carbons (Fsp3) is 0.0857. The van der Waals surface area contributed by atoms with Gasteiger partial charge in [-0.3, -0.25) is 19.2 Å². The number of carbonyl (C=O) groups excluding carboxylic acids is 4. The number of para-hydroxylation sites is 2. The molecule has 0 saturated carbocycles. The van der Waals surface area contributed by atoms with Crippen LogP contribution in [-0.2, 0) is 19.2 Å². The van der Waals surface area contributed by atoms with Crippen molar-refractivity contribution >= 4 is 35.0 Å². The molecule has 0 bridgehead atoms. The summed E-state index contributed by atoms with van der Waals surface area (Å²) in [4.78, 5) is 53.8. The van der Waals surface area contributed by atoms with Crippen LogP contribution in [0.1, 0.15) is 30.4 Å². The molecule has 0 spiro atoms. The lowest BCUT2D eigenvalue weighted by Crippen LogP contribution is -2.32. The van der Waals surface area contributed by atoms with Crippen LogP contribution in [0.5, 0.6) is 23.0 Å². The highest BCUT2D eigenvalue weighted by atomic mass is 16.5. The predicted octanol–water partition coefficient (Wildman–Crippen LogP) is 6.67. The number of imide groups is 2.